The van der Waals surface area contributed by atoms with Gasteiger partial charge in [-0.3, -0.25) is 0 Å². The predicted molar refractivity (Wildman–Crippen MR) is 77.6 cm³/mol. The Bertz CT molecular complexity index is 532. The van der Waals surface area contributed by atoms with Crippen molar-refractivity contribution in [3.63, 3.8) is 0 Å². The molecule has 1 heterocycles. The molecule has 0 unspecified atom stereocenters. The molecule has 0 aliphatic rings. The molecule has 0 saturated carbocycles. The van der Waals surface area contributed by atoms with Crippen molar-refractivity contribution in [2.45, 2.75) is 33.1 Å². The Morgan fingerprint density at radius 1 is 1.12 bits per heavy atom. The van der Waals surface area contributed by atoms with Crippen LogP contribution >= 0.6 is 11.3 Å². The fraction of sp³-hybridized carbons (Fsp3) is 0.333. The third-order valence-electron chi connectivity index (χ3n) is 3.03. The maximum atomic E-state index is 5.81. The molecule has 2 rings (SSSR count). The highest BCUT2D eigenvalue weighted by Crippen LogP contribution is 2.33. The molecular formula is C15H19NS. The number of hydrogen-bond acceptors (Lipinski definition) is 2. The molecule has 1 aromatic carbocycles. The van der Waals surface area contributed by atoms with E-state index in [4.69, 9.17) is 5.73 Å². The fourth-order valence-electron chi connectivity index (χ4n) is 1.89. The molecule has 0 aliphatic carbocycles. The van der Waals surface area contributed by atoms with Crippen LogP contribution in [0.5, 0.6) is 0 Å². The summed E-state index contributed by atoms with van der Waals surface area (Å²) >= 11 is 1.60. The van der Waals surface area contributed by atoms with E-state index in [0.717, 1.165) is 5.00 Å². The van der Waals surface area contributed by atoms with Crippen molar-refractivity contribution in [2.24, 2.45) is 0 Å². The number of benzene rings is 1. The Labute approximate surface area is 107 Å². The average molecular weight is 245 g/mol. The summed E-state index contributed by atoms with van der Waals surface area (Å²) in [6, 6.07) is 8.76. The first-order valence-corrected chi connectivity index (χ1v) is 6.71. The van der Waals surface area contributed by atoms with Crippen LogP contribution < -0.4 is 5.73 Å². The van der Waals surface area contributed by atoms with Gasteiger partial charge < -0.3 is 5.73 Å². The zero-order valence-electron chi connectivity index (χ0n) is 10.9. The number of thiophene rings is 1. The van der Waals surface area contributed by atoms with Crippen LogP contribution in [0.25, 0.3) is 11.1 Å². The van der Waals surface area contributed by atoms with Gasteiger partial charge in [0.25, 0.3) is 0 Å². The van der Waals surface area contributed by atoms with Crippen LogP contribution in [0.1, 0.15) is 31.9 Å². The van der Waals surface area contributed by atoms with E-state index in [1.165, 1.54) is 22.3 Å². The van der Waals surface area contributed by atoms with Crippen molar-refractivity contribution in [3.8, 4) is 11.1 Å². The summed E-state index contributed by atoms with van der Waals surface area (Å²) in [5.74, 6) is 0. The quantitative estimate of drug-likeness (QED) is 0.780. The van der Waals surface area contributed by atoms with Gasteiger partial charge in [-0.05, 0) is 40.7 Å². The van der Waals surface area contributed by atoms with Crippen LogP contribution in [0.15, 0.2) is 29.6 Å². The number of nitrogens with two attached hydrogens (primary N) is 1. The van der Waals surface area contributed by atoms with Gasteiger partial charge in [0.1, 0.15) is 0 Å². The molecule has 2 N–H and O–H groups in total. The van der Waals surface area contributed by atoms with Crippen LogP contribution in [0.4, 0.5) is 5.00 Å². The first-order valence-electron chi connectivity index (χ1n) is 5.83. The second-order valence-corrected chi connectivity index (χ2v) is 6.46. The normalized spacial score (nSPS) is 11.8. The molecule has 0 radical (unpaired) electrons. The molecule has 17 heavy (non-hydrogen) atoms. The van der Waals surface area contributed by atoms with Crippen molar-refractivity contribution >= 4 is 16.3 Å². The minimum atomic E-state index is 0.185. The fourth-order valence-corrected chi connectivity index (χ4v) is 2.55. The molecule has 2 heteroatoms. The maximum Gasteiger partial charge on any atom is 0.0862 e. The molecule has 0 spiro atoms. The standard InChI is InChI=1S/C15H19NS/c1-10-5-6-12(15(2,3)4)8-13(10)11-7-14(16)17-9-11/h5-9H,16H2,1-4H3. The van der Waals surface area contributed by atoms with Crippen molar-refractivity contribution < 1.29 is 0 Å². The van der Waals surface area contributed by atoms with Gasteiger partial charge in [0, 0.05) is 5.38 Å². The first kappa shape index (κ1) is 12.2. The van der Waals surface area contributed by atoms with Gasteiger partial charge in [-0.15, -0.1) is 11.3 Å². The number of aryl methyl sites for hydroxylation is 1. The zero-order valence-corrected chi connectivity index (χ0v) is 11.7. The second kappa shape index (κ2) is 4.19. The highest BCUT2D eigenvalue weighted by atomic mass is 32.1. The summed E-state index contributed by atoms with van der Waals surface area (Å²) in [7, 11) is 0. The Balaban J connectivity index is 2.54. The lowest BCUT2D eigenvalue weighted by Crippen LogP contribution is -2.11. The lowest BCUT2D eigenvalue weighted by molar-refractivity contribution is 0.590. The number of hydrogen-bond donors (Lipinski definition) is 1. The Kier molecular flexibility index (Phi) is 3.00. The lowest BCUT2D eigenvalue weighted by atomic mass is 9.84. The van der Waals surface area contributed by atoms with E-state index in [0.29, 0.717) is 0 Å². The van der Waals surface area contributed by atoms with E-state index in [1.54, 1.807) is 11.3 Å². The Morgan fingerprint density at radius 3 is 2.35 bits per heavy atom. The summed E-state index contributed by atoms with van der Waals surface area (Å²) in [6.45, 7) is 8.87. The smallest absolute Gasteiger partial charge is 0.0862 e. The summed E-state index contributed by atoms with van der Waals surface area (Å²) in [5.41, 5.74) is 11.2. The van der Waals surface area contributed by atoms with E-state index < -0.39 is 0 Å². The molecule has 0 amide bonds. The second-order valence-electron chi connectivity index (χ2n) is 5.52. The van der Waals surface area contributed by atoms with Crippen LogP contribution in [0, 0.1) is 6.92 Å². The third kappa shape index (κ3) is 2.52. The highest BCUT2D eigenvalue weighted by Gasteiger charge is 2.15. The van der Waals surface area contributed by atoms with Gasteiger partial charge in [-0.25, -0.2) is 0 Å². The minimum Gasteiger partial charge on any atom is -0.391 e. The van der Waals surface area contributed by atoms with Crippen molar-refractivity contribution in [1.82, 2.24) is 0 Å². The Hall–Kier alpha value is -1.28. The average Bonchev–Trinajstić information content (AvgIpc) is 2.63. The number of rotatable bonds is 1. The van der Waals surface area contributed by atoms with Gasteiger partial charge in [-0.1, -0.05) is 39.0 Å². The van der Waals surface area contributed by atoms with Crippen LogP contribution in [0.2, 0.25) is 0 Å². The van der Waals surface area contributed by atoms with Gasteiger partial charge in [0.2, 0.25) is 0 Å². The third-order valence-corrected chi connectivity index (χ3v) is 3.80. The molecule has 90 valence electrons. The van der Waals surface area contributed by atoms with Gasteiger partial charge in [0.15, 0.2) is 0 Å². The van der Waals surface area contributed by atoms with Crippen LogP contribution in [-0.2, 0) is 5.41 Å². The SMILES string of the molecule is Cc1ccc(C(C)(C)C)cc1-c1csc(N)c1. The molecule has 0 atom stereocenters. The highest BCUT2D eigenvalue weighted by molar-refractivity contribution is 7.14. The van der Waals surface area contributed by atoms with E-state index in [-0.39, 0.29) is 5.41 Å². The number of nitrogen functional groups attached to an aromatic ring is 1. The van der Waals surface area contributed by atoms with Gasteiger partial charge in [-0.2, -0.15) is 0 Å². The summed E-state index contributed by atoms with van der Waals surface area (Å²) in [5, 5.41) is 3.00. The largest absolute Gasteiger partial charge is 0.391 e. The molecule has 0 bridgehead atoms. The first-order chi connectivity index (χ1) is 7.88. The van der Waals surface area contributed by atoms with Crippen LogP contribution in [0.3, 0.4) is 0 Å². The number of anilines is 1. The summed E-state index contributed by atoms with van der Waals surface area (Å²) in [4.78, 5) is 0. The monoisotopic (exact) mass is 245 g/mol. The molecule has 1 nitrogen and oxygen atoms in total. The topological polar surface area (TPSA) is 26.0 Å². The van der Waals surface area contributed by atoms with E-state index in [9.17, 15) is 0 Å². The molecule has 0 saturated heterocycles. The van der Waals surface area contributed by atoms with Crippen LogP contribution in [-0.4, -0.2) is 0 Å². The minimum absolute atomic E-state index is 0.185. The van der Waals surface area contributed by atoms with Crippen molar-refractivity contribution in [2.75, 3.05) is 5.73 Å². The summed E-state index contributed by atoms with van der Waals surface area (Å²) < 4.78 is 0. The van der Waals surface area contributed by atoms with E-state index >= 15 is 0 Å². The van der Waals surface area contributed by atoms with E-state index in [2.05, 4.69) is 57.3 Å². The van der Waals surface area contributed by atoms with Crippen molar-refractivity contribution in [1.29, 1.82) is 0 Å². The molecule has 1 aromatic heterocycles. The van der Waals surface area contributed by atoms with E-state index in [1.807, 2.05) is 0 Å². The van der Waals surface area contributed by atoms with Gasteiger partial charge in [0.05, 0.1) is 5.00 Å². The zero-order chi connectivity index (χ0) is 12.6. The summed E-state index contributed by atoms with van der Waals surface area (Å²) in [6.07, 6.45) is 0. The predicted octanol–water partition coefficient (Wildman–Crippen LogP) is 4.60. The molecule has 0 aliphatic heterocycles. The maximum absolute atomic E-state index is 5.81. The molecule has 0 fully saturated rings. The molecular weight excluding hydrogens is 226 g/mol. The Morgan fingerprint density at radius 2 is 1.82 bits per heavy atom. The molecule has 2 aromatic rings. The van der Waals surface area contributed by atoms with Gasteiger partial charge >= 0.3 is 0 Å². The van der Waals surface area contributed by atoms with Crippen molar-refractivity contribution in [3.05, 3.63) is 40.8 Å². The lowest BCUT2D eigenvalue weighted by Gasteiger charge is -2.20.